The Bertz CT molecular complexity index is 545. The zero-order valence-electron chi connectivity index (χ0n) is 11.9. The number of aldehydes is 1. The van der Waals surface area contributed by atoms with Crippen molar-refractivity contribution in [1.29, 1.82) is 0 Å². The van der Waals surface area contributed by atoms with Crippen molar-refractivity contribution in [2.24, 2.45) is 0 Å². The average molecular weight is 285 g/mol. The van der Waals surface area contributed by atoms with Gasteiger partial charge in [-0.1, -0.05) is 31.2 Å². The van der Waals surface area contributed by atoms with E-state index in [1.165, 1.54) is 0 Å². The van der Waals surface area contributed by atoms with Crippen LogP contribution in [0.15, 0.2) is 48.5 Å². The minimum atomic E-state index is -0.371. The van der Waals surface area contributed by atoms with Gasteiger partial charge in [-0.2, -0.15) is 0 Å². The van der Waals surface area contributed by atoms with Gasteiger partial charge in [-0.3, -0.25) is 0 Å². The molecule has 4 nitrogen and oxygen atoms in total. The van der Waals surface area contributed by atoms with E-state index in [4.69, 9.17) is 0 Å². The van der Waals surface area contributed by atoms with Gasteiger partial charge in [0.1, 0.15) is 17.8 Å². The number of rotatable bonds is 6. The fraction of sp³-hybridized carbons (Fsp3) is 0.235. The number of carbonyl (C=O) groups excluding carboxylic acids is 1. The van der Waals surface area contributed by atoms with Gasteiger partial charge in [0.05, 0.1) is 6.54 Å². The summed E-state index contributed by atoms with van der Waals surface area (Å²) in [4.78, 5) is 10.5. The molecule has 4 heteroatoms. The molecule has 0 heterocycles. The van der Waals surface area contributed by atoms with Gasteiger partial charge in [-0.15, -0.1) is 0 Å². The monoisotopic (exact) mass is 285 g/mol. The van der Waals surface area contributed by atoms with Crippen molar-refractivity contribution >= 4 is 6.29 Å². The lowest BCUT2D eigenvalue weighted by molar-refractivity contribution is -0.107. The SMILES string of the molecule is CC(CNCC=O)(c1ccc(O)cc1)c1ccc(O)cc1. The number of hydrogen-bond acceptors (Lipinski definition) is 4. The van der Waals surface area contributed by atoms with Gasteiger partial charge in [0, 0.05) is 12.0 Å². The van der Waals surface area contributed by atoms with E-state index in [9.17, 15) is 15.0 Å². The van der Waals surface area contributed by atoms with Crippen LogP contribution in [-0.2, 0) is 10.2 Å². The lowest BCUT2D eigenvalue weighted by Gasteiger charge is -2.31. The predicted octanol–water partition coefficient (Wildman–Crippen LogP) is 2.19. The third-order valence-corrected chi connectivity index (χ3v) is 3.72. The summed E-state index contributed by atoms with van der Waals surface area (Å²) in [5.74, 6) is 0.431. The second-order valence-corrected chi connectivity index (χ2v) is 5.22. The van der Waals surface area contributed by atoms with Gasteiger partial charge in [-0.05, 0) is 35.4 Å². The molecule has 21 heavy (non-hydrogen) atoms. The highest BCUT2D eigenvalue weighted by Crippen LogP contribution is 2.33. The van der Waals surface area contributed by atoms with Gasteiger partial charge >= 0.3 is 0 Å². The van der Waals surface area contributed by atoms with Gasteiger partial charge in [0.25, 0.3) is 0 Å². The average Bonchev–Trinajstić information content (AvgIpc) is 2.48. The van der Waals surface area contributed by atoms with Crippen LogP contribution in [0.2, 0.25) is 0 Å². The molecule has 0 amide bonds. The molecule has 0 fully saturated rings. The summed E-state index contributed by atoms with van der Waals surface area (Å²) in [7, 11) is 0. The lowest BCUT2D eigenvalue weighted by atomic mass is 9.76. The maximum atomic E-state index is 10.5. The number of phenolic OH excluding ortho intramolecular Hbond substituents is 2. The molecule has 0 aromatic heterocycles. The molecule has 0 radical (unpaired) electrons. The van der Waals surface area contributed by atoms with E-state index >= 15 is 0 Å². The Morgan fingerprint density at radius 2 is 1.38 bits per heavy atom. The van der Waals surface area contributed by atoms with Crippen LogP contribution in [0.4, 0.5) is 0 Å². The topological polar surface area (TPSA) is 69.6 Å². The number of nitrogens with one attached hydrogen (secondary N) is 1. The predicted molar refractivity (Wildman–Crippen MR) is 81.6 cm³/mol. The van der Waals surface area contributed by atoms with Crippen LogP contribution < -0.4 is 5.32 Å². The number of hydrogen-bond donors (Lipinski definition) is 3. The first-order chi connectivity index (χ1) is 10.1. The van der Waals surface area contributed by atoms with Gasteiger partial charge in [0.2, 0.25) is 0 Å². The summed E-state index contributed by atoms with van der Waals surface area (Å²) in [5, 5.41) is 22.0. The third-order valence-electron chi connectivity index (χ3n) is 3.72. The molecule has 0 saturated heterocycles. The number of benzene rings is 2. The maximum Gasteiger partial charge on any atom is 0.133 e. The van der Waals surface area contributed by atoms with Crippen LogP contribution in [0.1, 0.15) is 18.1 Å². The molecule has 0 aliphatic heterocycles. The standard InChI is InChI=1S/C17H19NO3/c1-17(12-18-10-11-19,13-2-6-15(20)7-3-13)14-4-8-16(21)9-5-14/h2-9,11,18,20-21H,10,12H2,1H3. The highest BCUT2D eigenvalue weighted by molar-refractivity contribution is 5.52. The molecule has 0 atom stereocenters. The Hall–Kier alpha value is -2.33. The molecule has 3 N–H and O–H groups in total. The Labute approximate surface area is 124 Å². The molecule has 0 unspecified atom stereocenters. The van der Waals surface area contributed by atoms with Crippen LogP contribution in [0.25, 0.3) is 0 Å². The van der Waals surface area contributed by atoms with Crippen molar-refractivity contribution in [2.45, 2.75) is 12.3 Å². The molecule has 2 aromatic rings. The zero-order valence-corrected chi connectivity index (χ0v) is 11.9. The van der Waals surface area contributed by atoms with E-state index in [1.807, 2.05) is 24.3 Å². The Morgan fingerprint density at radius 1 is 0.952 bits per heavy atom. The fourth-order valence-electron chi connectivity index (χ4n) is 2.41. The summed E-state index contributed by atoms with van der Waals surface area (Å²) in [6.07, 6.45) is 0.827. The molecule has 2 aromatic carbocycles. The fourth-order valence-corrected chi connectivity index (χ4v) is 2.41. The highest BCUT2D eigenvalue weighted by Gasteiger charge is 2.28. The maximum absolute atomic E-state index is 10.5. The van der Waals surface area contributed by atoms with Crippen LogP contribution in [0.3, 0.4) is 0 Å². The van der Waals surface area contributed by atoms with Crippen LogP contribution in [0.5, 0.6) is 11.5 Å². The Kier molecular flexibility index (Phi) is 4.60. The highest BCUT2D eigenvalue weighted by atomic mass is 16.3. The van der Waals surface area contributed by atoms with E-state index < -0.39 is 0 Å². The molecule has 2 rings (SSSR count). The van der Waals surface area contributed by atoms with Crippen molar-refractivity contribution < 1.29 is 15.0 Å². The number of carbonyl (C=O) groups is 1. The van der Waals surface area contributed by atoms with Crippen molar-refractivity contribution in [2.75, 3.05) is 13.1 Å². The van der Waals surface area contributed by atoms with E-state index in [2.05, 4.69) is 12.2 Å². The van der Waals surface area contributed by atoms with Gasteiger partial charge < -0.3 is 20.3 Å². The molecule has 110 valence electrons. The second kappa shape index (κ2) is 6.41. The largest absolute Gasteiger partial charge is 0.508 e. The van der Waals surface area contributed by atoms with E-state index in [0.29, 0.717) is 6.54 Å². The second-order valence-electron chi connectivity index (χ2n) is 5.22. The molecule has 0 spiro atoms. The van der Waals surface area contributed by atoms with Crippen molar-refractivity contribution in [3.63, 3.8) is 0 Å². The van der Waals surface area contributed by atoms with Crippen molar-refractivity contribution in [3.8, 4) is 11.5 Å². The smallest absolute Gasteiger partial charge is 0.133 e. The van der Waals surface area contributed by atoms with Crippen molar-refractivity contribution in [1.82, 2.24) is 5.32 Å². The molecule has 0 bridgehead atoms. The minimum Gasteiger partial charge on any atom is -0.508 e. The third kappa shape index (κ3) is 3.41. The van der Waals surface area contributed by atoms with Crippen LogP contribution in [-0.4, -0.2) is 29.6 Å². The first-order valence-electron chi connectivity index (χ1n) is 6.79. The van der Waals surface area contributed by atoms with Gasteiger partial charge in [0.15, 0.2) is 0 Å². The minimum absolute atomic E-state index is 0.215. The quantitative estimate of drug-likeness (QED) is 0.562. The zero-order chi connectivity index (χ0) is 15.3. The molecule has 0 aliphatic carbocycles. The first kappa shape index (κ1) is 15.1. The van der Waals surface area contributed by atoms with E-state index in [1.54, 1.807) is 24.3 Å². The van der Waals surface area contributed by atoms with E-state index in [-0.39, 0.29) is 23.5 Å². The normalized spacial score (nSPS) is 11.3. The molecule has 0 aliphatic rings. The van der Waals surface area contributed by atoms with E-state index in [0.717, 1.165) is 17.4 Å². The number of aromatic hydroxyl groups is 2. The Morgan fingerprint density at radius 3 is 1.76 bits per heavy atom. The molecular weight excluding hydrogens is 266 g/mol. The molecular formula is C17H19NO3. The van der Waals surface area contributed by atoms with Crippen LogP contribution >= 0.6 is 0 Å². The summed E-state index contributed by atoms with van der Waals surface area (Å²) >= 11 is 0. The first-order valence-corrected chi connectivity index (χ1v) is 6.79. The lowest BCUT2D eigenvalue weighted by Crippen LogP contribution is -2.37. The van der Waals surface area contributed by atoms with Crippen molar-refractivity contribution in [3.05, 3.63) is 59.7 Å². The summed E-state index contributed by atoms with van der Waals surface area (Å²) in [6.45, 7) is 2.91. The summed E-state index contributed by atoms with van der Waals surface area (Å²) < 4.78 is 0. The Balaban J connectivity index is 2.39. The van der Waals surface area contributed by atoms with Gasteiger partial charge in [-0.25, -0.2) is 0 Å². The number of phenols is 2. The summed E-state index contributed by atoms with van der Waals surface area (Å²) in [6, 6.07) is 14.0. The molecule has 0 saturated carbocycles. The van der Waals surface area contributed by atoms with Crippen LogP contribution in [0, 0.1) is 0 Å². The summed E-state index contributed by atoms with van der Waals surface area (Å²) in [5.41, 5.74) is 1.67.